The van der Waals surface area contributed by atoms with E-state index in [0.717, 1.165) is 37.7 Å². The highest BCUT2D eigenvalue weighted by atomic mass is 16.5. The molecule has 2 bridgehead atoms. The Balaban J connectivity index is 1.81. The molecule has 4 rings (SSSR count). The number of hydrogen-bond donors (Lipinski definition) is 2. The van der Waals surface area contributed by atoms with Crippen LogP contribution in [0.25, 0.3) is 0 Å². The third-order valence-electron chi connectivity index (χ3n) is 8.90. The van der Waals surface area contributed by atoms with Crippen LogP contribution >= 0.6 is 0 Å². The van der Waals surface area contributed by atoms with Crippen LogP contribution in [-0.4, -0.2) is 34.4 Å². The van der Waals surface area contributed by atoms with Crippen molar-refractivity contribution < 1.29 is 24.5 Å². The van der Waals surface area contributed by atoms with Crippen molar-refractivity contribution in [3.8, 4) is 0 Å². The second kappa shape index (κ2) is 5.82. The molecule has 0 unspecified atom stereocenters. The highest BCUT2D eigenvalue weighted by molar-refractivity contribution is 5.75. The average Bonchev–Trinajstić information content (AvgIpc) is 2.75. The molecular formula is C22H32O5. The van der Waals surface area contributed by atoms with Crippen LogP contribution in [0.2, 0.25) is 0 Å². The number of hydrogen-bond acceptors (Lipinski definition) is 4. The van der Waals surface area contributed by atoms with Crippen molar-refractivity contribution in [1.29, 1.82) is 0 Å². The van der Waals surface area contributed by atoms with Gasteiger partial charge in [0.15, 0.2) is 0 Å². The van der Waals surface area contributed by atoms with Crippen molar-refractivity contribution in [1.82, 2.24) is 0 Å². The highest BCUT2D eigenvalue weighted by Crippen LogP contribution is 2.72. The number of carboxylic acids is 1. The van der Waals surface area contributed by atoms with Gasteiger partial charge < -0.3 is 14.9 Å². The fraction of sp³-hybridized carbons (Fsp3) is 0.818. The summed E-state index contributed by atoms with van der Waals surface area (Å²) in [7, 11) is 0. The lowest BCUT2D eigenvalue weighted by molar-refractivity contribution is -0.217. The fourth-order valence-corrected chi connectivity index (χ4v) is 8.06. The molecule has 0 aromatic carbocycles. The first-order chi connectivity index (χ1) is 12.6. The minimum absolute atomic E-state index is 0.0323. The lowest BCUT2D eigenvalue weighted by atomic mass is 9.40. The van der Waals surface area contributed by atoms with Crippen LogP contribution in [0.15, 0.2) is 12.2 Å². The normalized spacial score (nSPS) is 51.3. The van der Waals surface area contributed by atoms with Gasteiger partial charge in [0.05, 0.1) is 11.5 Å². The molecule has 4 fully saturated rings. The molecule has 0 aromatic heterocycles. The van der Waals surface area contributed by atoms with E-state index in [0.29, 0.717) is 12.8 Å². The molecule has 0 amide bonds. The number of carbonyl (C=O) groups is 2. The van der Waals surface area contributed by atoms with Crippen LogP contribution < -0.4 is 0 Å². The Hall–Kier alpha value is -1.36. The van der Waals surface area contributed by atoms with Gasteiger partial charge in [-0.2, -0.15) is 0 Å². The molecule has 8 atom stereocenters. The summed E-state index contributed by atoms with van der Waals surface area (Å²) < 4.78 is 5.80. The predicted molar refractivity (Wildman–Crippen MR) is 99.8 cm³/mol. The molecule has 4 aliphatic rings. The number of fused-ring (bicyclic) bond motifs is 3. The molecule has 4 saturated carbocycles. The topological polar surface area (TPSA) is 83.8 Å². The summed E-state index contributed by atoms with van der Waals surface area (Å²) in [6.07, 6.45) is 4.79. The average molecular weight is 376 g/mol. The van der Waals surface area contributed by atoms with E-state index in [2.05, 4.69) is 13.5 Å². The van der Waals surface area contributed by atoms with Gasteiger partial charge in [0, 0.05) is 18.3 Å². The zero-order chi connectivity index (χ0) is 19.8. The number of aliphatic hydroxyl groups is 1. The van der Waals surface area contributed by atoms with Crippen molar-refractivity contribution in [3.05, 3.63) is 12.2 Å². The molecule has 4 aliphatic carbocycles. The quantitative estimate of drug-likeness (QED) is 0.569. The summed E-state index contributed by atoms with van der Waals surface area (Å²) in [4.78, 5) is 24.0. The molecule has 150 valence electrons. The number of ether oxygens (including phenoxy) is 1. The van der Waals surface area contributed by atoms with Crippen LogP contribution in [0, 0.1) is 34.0 Å². The van der Waals surface area contributed by atoms with Crippen molar-refractivity contribution in [3.63, 3.8) is 0 Å². The number of carboxylic acid groups (broad SMARTS) is 1. The SMILES string of the molecule is C=C1[C@H]2C[C@H](O)[C@H]3[C@]4(C)CCC[C@@](C)(C(=O)O)[C@H]4CC[C@]3(C2)[C@@H]1OC(C)=O. The first kappa shape index (κ1) is 19.0. The molecule has 27 heavy (non-hydrogen) atoms. The number of esters is 1. The Morgan fingerprint density at radius 3 is 2.56 bits per heavy atom. The Kier molecular flexibility index (Phi) is 4.09. The van der Waals surface area contributed by atoms with Gasteiger partial charge >= 0.3 is 11.9 Å². The van der Waals surface area contributed by atoms with Crippen LogP contribution in [0.5, 0.6) is 0 Å². The zero-order valence-electron chi connectivity index (χ0n) is 16.7. The fourth-order valence-electron chi connectivity index (χ4n) is 8.06. The molecule has 1 spiro atoms. The van der Waals surface area contributed by atoms with E-state index in [9.17, 15) is 19.8 Å². The van der Waals surface area contributed by atoms with Crippen LogP contribution in [0.4, 0.5) is 0 Å². The molecule has 5 heteroatoms. The van der Waals surface area contributed by atoms with Gasteiger partial charge in [-0.25, -0.2) is 0 Å². The maximum atomic E-state index is 12.2. The largest absolute Gasteiger partial charge is 0.481 e. The Labute approximate surface area is 161 Å². The number of aliphatic carboxylic acids is 1. The smallest absolute Gasteiger partial charge is 0.309 e. The van der Waals surface area contributed by atoms with E-state index >= 15 is 0 Å². The summed E-state index contributed by atoms with van der Waals surface area (Å²) in [5, 5.41) is 21.2. The summed E-state index contributed by atoms with van der Waals surface area (Å²) in [5.41, 5.74) is -0.368. The first-order valence-electron chi connectivity index (χ1n) is 10.3. The second-order valence-electron chi connectivity index (χ2n) is 10.2. The Bertz CT molecular complexity index is 701. The highest BCUT2D eigenvalue weighted by Gasteiger charge is 2.70. The first-order valence-corrected chi connectivity index (χ1v) is 10.3. The Morgan fingerprint density at radius 2 is 1.93 bits per heavy atom. The van der Waals surface area contributed by atoms with Crippen molar-refractivity contribution >= 4 is 11.9 Å². The van der Waals surface area contributed by atoms with E-state index in [-0.39, 0.29) is 40.7 Å². The van der Waals surface area contributed by atoms with E-state index < -0.39 is 17.5 Å². The molecule has 5 nitrogen and oxygen atoms in total. The summed E-state index contributed by atoms with van der Waals surface area (Å²) in [6.45, 7) is 9.78. The van der Waals surface area contributed by atoms with E-state index in [1.165, 1.54) is 6.92 Å². The molecular weight excluding hydrogens is 344 g/mol. The van der Waals surface area contributed by atoms with Gasteiger partial charge in [0.1, 0.15) is 6.10 Å². The maximum Gasteiger partial charge on any atom is 0.309 e. The predicted octanol–water partition coefficient (Wildman–Crippen LogP) is 3.55. The summed E-state index contributed by atoms with van der Waals surface area (Å²) in [5.74, 6) is -0.852. The molecule has 0 radical (unpaired) electrons. The lowest BCUT2D eigenvalue weighted by Gasteiger charge is -2.64. The number of aliphatic hydroxyl groups excluding tert-OH is 1. The van der Waals surface area contributed by atoms with Crippen molar-refractivity contribution in [2.45, 2.75) is 77.9 Å². The van der Waals surface area contributed by atoms with Crippen LogP contribution in [-0.2, 0) is 14.3 Å². The van der Waals surface area contributed by atoms with E-state index in [1.54, 1.807) is 0 Å². The van der Waals surface area contributed by atoms with Crippen LogP contribution in [0.3, 0.4) is 0 Å². The van der Waals surface area contributed by atoms with Gasteiger partial charge in [-0.15, -0.1) is 0 Å². The third-order valence-corrected chi connectivity index (χ3v) is 8.90. The number of carbonyl (C=O) groups excluding carboxylic acids is 1. The Morgan fingerprint density at radius 1 is 1.22 bits per heavy atom. The third kappa shape index (κ3) is 2.33. The lowest BCUT2D eigenvalue weighted by Crippen LogP contribution is -2.63. The monoisotopic (exact) mass is 376 g/mol. The van der Waals surface area contributed by atoms with Gasteiger partial charge in [-0.05, 0) is 68.3 Å². The molecule has 0 aromatic rings. The standard InChI is InChI=1S/C22H32O5/c1-12-14-10-15(24)17-20(3)7-5-8-21(4,19(25)26)16(20)6-9-22(17,11-14)18(12)27-13(2)23/h14-18,24H,1,5-11H2,2-4H3,(H,25,26)/t14-,15-,16-,17-,18+,20+,21+,22+/m0/s1. The zero-order valence-corrected chi connectivity index (χ0v) is 16.7. The molecule has 0 aliphatic heterocycles. The minimum Gasteiger partial charge on any atom is -0.481 e. The minimum atomic E-state index is -0.752. The van der Waals surface area contributed by atoms with Crippen molar-refractivity contribution in [2.75, 3.05) is 0 Å². The maximum absolute atomic E-state index is 12.2. The van der Waals surface area contributed by atoms with Gasteiger partial charge in [-0.1, -0.05) is 19.9 Å². The summed E-state index contributed by atoms with van der Waals surface area (Å²) in [6, 6.07) is 0. The molecule has 2 N–H and O–H groups in total. The summed E-state index contributed by atoms with van der Waals surface area (Å²) >= 11 is 0. The van der Waals surface area contributed by atoms with E-state index in [4.69, 9.17) is 4.74 Å². The molecule has 0 saturated heterocycles. The van der Waals surface area contributed by atoms with Gasteiger partial charge in [-0.3, -0.25) is 9.59 Å². The van der Waals surface area contributed by atoms with Gasteiger partial charge in [0.2, 0.25) is 0 Å². The van der Waals surface area contributed by atoms with Crippen LogP contribution in [0.1, 0.15) is 65.7 Å². The number of rotatable bonds is 2. The van der Waals surface area contributed by atoms with E-state index in [1.807, 2.05) is 6.92 Å². The van der Waals surface area contributed by atoms with Gasteiger partial charge in [0.25, 0.3) is 0 Å². The molecule has 0 heterocycles. The van der Waals surface area contributed by atoms with Crippen molar-refractivity contribution in [2.24, 2.45) is 34.0 Å². The second-order valence-corrected chi connectivity index (χ2v) is 10.2.